The topological polar surface area (TPSA) is 12.0 Å². The van der Waals surface area contributed by atoms with E-state index in [1.165, 1.54) is 6.07 Å². The van der Waals surface area contributed by atoms with Crippen LogP contribution in [0.4, 0.5) is 4.39 Å². The molecule has 0 saturated carbocycles. The highest BCUT2D eigenvalue weighted by atomic mass is 35.5. The van der Waals surface area contributed by atoms with Crippen molar-refractivity contribution >= 4 is 23.2 Å². The van der Waals surface area contributed by atoms with Crippen LogP contribution >= 0.6 is 23.2 Å². The van der Waals surface area contributed by atoms with Gasteiger partial charge >= 0.3 is 0 Å². The first-order valence-corrected chi connectivity index (χ1v) is 6.28. The Kier molecular flexibility index (Phi) is 6.10. The van der Waals surface area contributed by atoms with Gasteiger partial charge in [-0.3, -0.25) is 0 Å². The molecule has 1 N–H and O–H groups in total. The van der Waals surface area contributed by atoms with E-state index in [0.717, 1.165) is 18.4 Å². The Morgan fingerprint density at radius 1 is 1.44 bits per heavy atom. The number of nitrogens with one attached hydrogen (secondary N) is 1. The molecular weight excluding hydrogens is 248 g/mol. The molecule has 0 bridgehead atoms. The quantitative estimate of drug-likeness (QED) is 0.766. The number of halogens is 3. The summed E-state index contributed by atoms with van der Waals surface area (Å²) in [6, 6.07) is 5.19. The molecule has 0 radical (unpaired) electrons. The van der Waals surface area contributed by atoms with Gasteiger partial charge in [-0.1, -0.05) is 17.7 Å². The molecule has 4 heteroatoms. The van der Waals surface area contributed by atoms with Crippen LogP contribution in [0.15, 0.2) is 18.2 Å². The molecule has 0 aliphatic carbocycles. The molecule has 1 atom stereocenters. The number of rotatable bonds is 6. The average molecular weight is 264 g/mol. The van der Waals surface area contributed by atoms with Crippen molar-refractivity contribution in [3.8, 4) is 0 Å². The lowest BCUT2D eigenvalue weighted by molar-refractivity contribution is 0.509. The van der Waals surface area contributed by atoms with Crippen molar-refractivity contribution in [1.29, 1.82) is 0 Å². The number of hydrogen-bond acceptors (Lipinski definition) is 1. The van der Waals surface area contributed by atoms with Crippen molar-refractivity contribution in [3.05, 3.63) is 34.6 Å². The van der Waals surface area contributed by atoms with Gasteiger partial charge in [0.05, 0.1) is 5.02 Å². The van der Waals surface area contributed by atoms with E-state index in [-0.39, 0.29) is 10.8 Å². The molecule has 0 aromatic heterocycles. The zero-order valence-electron chi connectivity index (χ0n) is 9.27. The van der Waals surface area contributed by atoms with Crippen LogP contribution in [0, 0.1) is 5.82 Å². The SMILES string of the molecule is CC(CCCCl)NCc1ccc(F)c(Cl)c1. The van der Waals surface area contributed by atoms with Crippen LogP contribution in [0.1, 0.15) is 25.3 Å². The molecule has 1 aromatic carbocycles. The van der Waals surface area contributed by atoms with Crippen LogP contribution in [-0.4, -0.2) is 11.9 Å². The van der Waals surface area contributed by atoms with Crippen LogP contribution < -0.4 is 5.32 Å². The molecule has 0 amide bonds. The number of benzene rings is 1. The first kappa shape index (κ1) is 13.8. The summed E-state index contributed by atoms with van der Waals surface area (Å²) in [7, 11) is 0. The van der Waals surface area contributed by atoms with E-state index in [0.29, 0.717) is 18.5 Å². The fourth-order valence-electron chi connectivity index (χ4n) is 1.43. The van der Waals surface area contributed by atoms with Crippen LogP contribution in [0.3, 0.4) is 0 Å². The van der Waals surface area contributed by atoms with E-state index >= 15 is 0 Å². The lowest BCUT2D eigenvalue weighted by Gasteiger charge is -2.13. The van der Waals surface area contributed by atoms with Crippen molar-refractivity contribution in [2.45, 2.75) is 32.4 Å². The van der Waals surface area contributed by atoms with Crippen molar-refractivity contribution in [3.63, 3.8) is 0 Å². The van der Waals surface area contributed by atoms with Gasteiger partial charge in [0.25, 0.3) is 0 Å². The molecule has 0 heterocycles. The van der Waals surface area contributed by atoms with Crippen molar-refractivity contribution < 1.29 is 4.39 Å². The average Bonchev–Trinajstić information content (AvgIpc) is 2.28. The fourth-order valence-corrected chi connectivity index (χ4v) is 1.78. The Labute approximate surface area is 106 Å². The fraction of sp³-hybridized carbons (Fsp3) is 0.500. The van der Waals surface area contributed by atoms with Gasteiger partial charge < -0.3 is 5.32 Å². The van der Waals surface area contributed by atoms with Crippen molar-refractivity contribution in [2.75, 3.05) is 5.88 Å². The minimum atomic E-state index is -0.374. The number of alkyl halides is 1. The van der Waals surface area contributed by atoms with Gasteiger partial charge in [0, 0.05) is 18.5 Å². The maximum absolute atomic E-state index is 12.9. The zero-order valence-corrected chi connectivity index (χ0v) is 10.8. The minimum Gasteiger partial charge on any atom is -0.310 e. The lowest BCUT2D eigenvalue weighted by Crippen LogP contribution is -2.25. The third kappa shape index (κ3) is 4.69. The van der Waals surface area contributed by atoms with Crippen LogP contribution in [0.5, 0.6) is 0 Å². The van der Waals surface area contributed by atoms with Crippen LogP contribution in [-0.2, 0) is 6.54 Å². The molecule has 90 valence electrons. The summed E-state index contributed by atoms with van der Waals surface area (Å²) in [6.45, 7) is 2.81. The summed E-state index contributed by atoms with van der Waals surface area (Å²) < 4.78 is 12.9. The summed E-state index contributed by atoms with van der Waals surface area (Å²) in [5.41, 5.74) is 0.990. The van der Waals surface area contributed by atoms with Gasteiger partial charge in [-0.25, -0.2) is 4.39 Å². The molecule has 1 aromatic rings. The van der Waals surface area contributed by atoms with Gasteiger partial charge in [-0.05, 0) is 37.5 Å². The second-order valence-electron chi connectivity index (χ2n) is 3.86. The Balaban J connectivity index is 2.39. The van der Waals surface area contributed by atoms with E-state index in [9.17, 15) is 4.39 Å². The van der Waals surface area contributed by atoms with Gasteiger partial charge in [0.2, 0.25) is 0 Å². The molecule has 1 rings (SSSR count). The molecule has 0 aliphatic rings. The summed E-state index contributed by atoms with van der Waals surface area (Å²) in [4.78, 5) is 0. The lowest BCUT2D eigenvalue weighted by atomic mass is 10.1. The molecule has 1 unspecified atom stereocenters. The van der Waals surface area contributed by atoms with Gasteiger partial charge in [0.1, 0.15) is 5.82 Å². The summed E-state index contributed by atoms with van der Waals surface area (Å²) >= 11 is 11.3. The monoisotopic (exact) mass is 263 g/mol. The maximum atomic E-state index is 12.9. The molecule has 0 saturated heterocycles. The third-order valence-corrected chi connectivity index (χ3v) is 2.97. The smallest absolute Gasteiger partial charge is 0.141 e. The van der Waals surface area contributed by atoms with Crippen molar-refractivity contribution in [1.82, 2.24) is 5.32 Å². The van der Waals surface area contributed by atoms with Gasteiger partial charge in [-0.15, -0.1) is 11.6 Å². The van der Waals surface area contributed by atoms with E-state index in [2.05, 4.69) is 12.2 Å². The van der Waals surface area contributed by atoms with Crippen molar-refractivity contribution in [2.24, 2.45) is 0 Å². The molecule has 0 spiro atoms. The predicted octanol–water partition coefficient (Wildman–Crippen LogP) is 3.98. The second-order valence-corrected chi connectivity index (χ2v) is 4.65. The van der Waals surface area contributed by atoms with Crippen LogP contribution in [0.2, 0.25) is 5.02 Å². The maximum Gasteiger partial charge on any atom is 0.141 e. The van der Waals surface area contributed by atoms with Crippen LogP contribution in [0.25, 0.3) is 0 Å². The summed E-state index contributed by atoms with van der Waals surface area (Å²) in [5, 5.41) is 3.51. The van der Waals surface area contributed by atoms with E-state index in [1.54, 1.807) is 12.1 Å². The zero-order chi connectivity index (χ0) is 12.0. The second kappa shape index (κ2) is 7.10. The largest absolute Gasteiger partial charge is 0.310 e. The van der Waals surface area contributed by atoms with E-state index in [1.807, 2.05) is 0 Å². The first-order valence-electron chi connectivity index (χ1n) is 5.36. The van der Waals surface area contributed by atoms with E-state index < -0.39 is 0 Å². The highest BCUT2D eigenvalue weighted by molar-refractivity contribution is 6.30. The minimum absolute atomic E-state index is 0.174. The molecule has 0 fully saturated rings. The highest BCUT2D eigenvalue weighted by Gasteiger charge is 2.03. The first-order chi connectivity index (χ1) is 7.63. The Morgan fingerprint density at radius 2 is 2.19 bits per heavy atom. The molecule has 16 heavy (non-hydrogen) atoms. The summed E-state index contributed by atoms with van der Waals surface area (Å²) in [5.74, 6) is 0.314. The summed E-state index contributed by atoms with van der Waals surface area (Å²) in [6.07, 6.45) is 2.04. The predicted molar refractivity (Wildman–Crippen MR) is 67.7 cm³/mol. The Bertz CT molecular complexity index is 331. The Morgan fingerprint density at radius 3 is 2.81 bits per heavy atom. The normalized spacial score (nSPS) is 12.8. The van der Waals surface area contributed by atoms with E-state index in [4.69, 9.17) is 23.2 Å². The molecular formula is C12H16Cl2FN. The molecule has 0 aliphatic heterocycles. The van der Waals surface area contributed by atoms with Gasteiger partial charge in [0.15, 0.2) is 0 Å². The Hall–Kier alpha value is -0.310. The standard InChI is InChI=1S/C12H16Cl2FN/c1-9(3-2-6-13)16-8-10-4-5-12(15)11(14)7-10/h4-5,7,9,16H,2-3,6,8H2,1H3. The number of hydrogen-bond donors (Lipinski definition) is 1. The highest BCUT2D eigenvalue weighted by Crippen LogP contribution is 2.16. The molecule has 1 nitrogen and oxygen atoms in total. The third-order valence-electron chi connectivity index (χ3n) is 2.41. The van der Waals surface area contributed by atoms with Gasteiger partial charge in [-0.2, -0.15) is 0 Å².